The first-order chi connectivity index (χ1) is 8.36. The zero-order chi connectivity index (χ0) is 11.7. The maximum Gasteiger partial charge on any atom is 0.0367 e. The van der Waals surface area contributed by atoms with E-state index in [9.17, 15) is 0 Å². The molecule has 0 saturated carbocycles. The minimum Gasteiger partial charge on any atom is -0.323 e. The second-order valence-corrected chi connectivity index (χ2v) is 4.65. The highest BCUT2D eigenvalue weighted by molar-refractivity contribution is 5.36. The van der Waals surface area contributed by atoms with Crippen molar-refractivity contribution < 1.29 is 0 Å². The summed E-state index contributed by atoms with van der Waals surface area (Å²) in [5.74, 6) is 0.424. The van der Waals surface area contributed by atoms with Gasteiger partial charge in [-0.3, -0.25) is 4.98 Å². The maximum atomic E-state index is 6.40. The van der Waals surface area contributed by atoms with E-state index in [2.05, 4.69) is 41.4 Å². The standard InChI is InChI=1S/C15H16N2/c16-15-13-4-2-1-3-11(13)5-6-14(15)12-7-9-17-10-8-12/h1-4,7-10,14-15H,5-6,16H2/t14-,15+/m1/s1. The van der Waals surface area contributed by atoms with Crippen LogP contribution < -0.4 is 5.73 Å². The molecule has 0 amide bonds. The number of hydrogen-bond acceptors (Lipinski definition) is 2. The van der Waals surface area contributed by atoms with Crippen molar-refractivity contribution in [2.75, 3.05) is 0 Å². The summed E-state index contributed by atoms with van der Waals surface area (Å²) in [5, 5.41) is 0. The van der Waals surface area contributed by atoms with Gasteiger partial charge >= 0.3 is 0 Å². The Labute approximate surface area is 102 Å². The van der Waals surface area contributed by atoms with Gasteiger partial charge < -0.3 is 5.73 Å². The number of pyridine rings is 1. The van der Waals surface area contributed by atoms with Crippen LogP contribution in [0.2, 0.25) is 0 Å². The number of hydrogen-bond donors (Lipinski definition) is 1. The van der Waals surface area contributed by atoms with Crippen LogP contribution in [-0.4, -0.2) is 4.98 Å². The van der Waals surface area contributed by atoms with Gasteiger partial charge in [-0.05, 0) is 41.7 Å². The number of aryl methyl sites for hydroxylation is 1. The second-order valence-electron chi connectivity index (χ2n) is 4.65. The first-order valence-electron chi connectivity index (χ1n) is 6.09. The summed E-state index contributed by atoms with van der Waals surface area (Å²) in [7, 11) is 0. The largest absolute Gasteiger partial charge is 0.323 e. The van der Waals surface area contributed by atoms with Crippen LogP contribution in [0.25, 0.3) is 0 Å². The molecule has 2 nitrogen and oxygen atoms in total. The summed E-state index contributed by atoms with van der Waals surface area (Å²) in [6.07, 6.45) is 5.95. The van der Waals surface area contributed by atoms with Crippen LogP contribution in [0.4, 0.5) is 0 Å². The topological polar surface area (TPSA) is 38.9 Å². The zero-order valence-corrected chi connectivity index (χ0v) is 9.71. The lowest BCUT2D eigenvalue weighted by atomic mass is 9.77. The fourth-order valence-corrected chi connectivity index (χ4v) is 2.78. The number of fused-ring (bicyclic) bond motifs is 1. The van der Waals surface area contributed by atoms with Gasteiger partial charge in [0, 0.05) is 24.4 Å². The van der Waals surface area contributed by atoms with Crippen molar-refractivity contribution in [3.05, 3.63) is 65.5 Å². The monoisotopic (exact) mass is 224 g/mol. The molecule has 1 aliphatic carbocycles. The highest BCUT2D eigenvalue weighted by Crippen LogP contribution is 2.38. The van der Waals surface area contributed by atoms with Crippen molar-refractivity contribution in [1.82, 2.24) is 4.98 Å². The smallest absolute Gasteiger partial charge is 0.0367 e. The summed E-state index contributed by atoms with van der Waals surface area (Å²) < 4.78 is 0. The fourth-order valence-electron chi connectivity index (χ4n) is 2.78. The van der Waals surface area contributed by atoms with Crippen LogP contribution in [0.5, 0.6) is 0 Å². The molecule has 0 bridgehead atoms. The molecule has 2 atom stereocenters. The molecule has 0 unspecified atom stereocenters. The third kappa shape index (κ3) is 1.85. The van der Waals surface area contributed by atoms with Crippen molar-refractivity contribution in [3.63, 3.8) is 0 Å². The van der Waals surface area contributed by atoms with Crippen molar-refractivity contribution in [2.45, 2.75) is 24.8 Å². The van der Waals surface area contributed by atoms with Crippen LogP contribution in [-0.2, 0) is 6.42 Å². The van der Waals surface area contributed by atoms with Gasteiger partial charge in [-0.1, -0.05) is 24.3 Å². The quantitative estimate of drug-likeness (QED) is 0.809. The molecule has 0 aliphatic heterocycles. The van der Waals surface area contributed by atoms with Gasteiger partial charge in [0.15, 0.2) is 0 Å². The predicted octanol–water partition coefficient (Wildman–Crippen LogP) is 2.81. The molecule has 0 radical (unpaired) electrons. The molecule has 1 heterocycles. The molecular formula is C15H16N2. The second kappa shape index (κ2) is 4.30. The Morgan fingerprint density at radius 3 is 2.65 bits per heavy atom. The Hall–Kier alpha value is -1.67. The number of benzene rings is 1. The third-order valence-corrected chi connectivity index (χ3v) is 3.71. The molecule has 2 aromatic rings. The van der Waals surface area contributed by atoms with Crippen molar-refractivity contribution in [1.29, 1.82) is 0 Å². The van der Waals surface area contributed by atoms with Gasteiger partial charge in [0.1, 0.15) is 0 Å². The molecule has 17 heavy (non-hydrogen) atoms. The molecular weight excluding hydrogens is 208 g/mol. The van der Waals surface area contributed by atoms with Gasteiger partial charge in [0.05, 0.1) is 0 Å². The molecule has 0 fully saturated rings. The summed E-state index contributed by atoms with van der Waals surface area (Å²) in [4.78, 5) is 4.07. The lowest BCUT2D eigenvalue weighted by Crippen LogP contribution is -2.25. The normalized spacial score (nSPS) is 23.1. The van der Waals surface area contributed by atoms with Gasteiger partial charge in [-0.25, -0.2) is 0 Å². The zero-order valence-electron chi connectivity index (χ0n) is 9.71. The number of nitrogens with zero attached hydrogens (tertiary/aromatic N) is 1. The Bertz CT molecular complexity index is 507. The molecule has 1 aliphatic rings. The Morgan fingerprint density at radius 2 is 1.82 bits per heavy atom. The molecule has 1 aromatic carbocycles. The highest BCUT2D eigenvalue weighted by atomic mass is 14.7. The van der Waals surface area contributed by atoms with E-state index in [0.29, 0.717) is 5.92 Å². The Morgan fingerprint density at radius 1 is 1.06 bits per heavy atom. The summed E-state index contributed by atoms with van der Waals surface area (Å²) in [5.41, 5.74) is 10.4. The van der Waals surface area contributed by atoms with Gasteiger partial charge in [-0.2, -0.15) is 0 Å². The average Bonchev–Trinajstić information content (AvgIpc) is 2.40. The molecule has 0 spiro atoms. The van der Waals surface area contributed by atoms with E-state index in [1.807, 2.05) is 12.4 Å². The van der Waals surface area contributed by atoms with E-state index in [-0.39, 0.29) is 6.04 Å². The number of rotatable bonds is 1. The van der Waals surface area contributed by atoms with Crippen LogP contribution >= 0.6 is 0 Å². The Balaban J connectivity index is 1.97. The van der Waals surface area contributed by atoms with Gasteiger partial charge in [-0.15, -0.1) is 0 Å². The maximum absolute atomic E-state index is 6.40. The van der Waals surface area contributed by atoms with E-state index in [4.69, 9.17) is 5.73 Å². The lowest BCUT2D eigenvalue weighted by molar-refractivity contribution is 0.485. The van der Waals surface area contributed by atoms with Crippen molar-refractivity contribution in [2.24, 2.45) is 5.73 Å². The number of nitrogens with two attached hydrogens (primary N) is 1. The molecule has 2 heteroatoms. The van der Waals surface area contributed by atoms with E-state index < -0.39 is 0 Å². The SMILES string of the molecule is N[C@H]1c2ccccc2CC[C@@H]1c1ccncc1. The van der Waals surface area contributed by atoms with E-state index >= 15 is 0 Å². The third-order valence-electron chi connectivity index (χ3n) is 3.71. The summed E-state index contributed by atoms with van der Waals surface area (Å²) in [6.45, 7) is 0. The Kier molecular flexibility index (Phi) is 2.65. The molecule has 3 rings (SSSR count). The van der Waals surface area contributed by atoms with Crippen LogP contribution in [0.1, 0.15) is 35.1 Å². The summed E-state index contributed by atoms with van der Waals surface area (Å²) in [6, 6.07) is 12.8. The highest BCUT2D eigenvalue weighted by Gasteiger charge is 2.27. The van der Waals surface area contributed by atoms with Gasteiger partial charge in [0.2, 0.25) is 0 Å². The average molecular weight is 224 g/mol. The summed E-state index contributed by atoms with van der Waals surface area (Å²) >= 11 is 0. The van der Waals surface area contributed by atoms with Crippen LogP contribution in [0.3, 0.4) is 0 Å². The molecule has 86 valence electrons. The van der Waals surface area contributed by atoms with Gasteiger partial charge in [0.25, 0.3) is 0 Å². The minimum absolute atomic E-state index is 0.113. The fraction of sp³-hybridized carbons (Fsp3) is 0.267. The lowest BCUT2D eigenvalue weighted by Gasteiger charge is -2.31. The van der Waals surface area contributed by atoms with Crippen LogP contribution in [0.15, 0.2) is 48.8 Å². The predicted molar refractivity (Wildman–Crippen MR) is 68.7 cm³/mol. The molecule has 0 saturated heterocycles. The first-order valence-corrected chi connectivity index (χ1v) is 6.09. The van der Waals surface area contributed by atoms with Crippen molar-refractivity contribution in [3.8, 4) is 0 Å². The number of aromatic nitrogens is 1. The van der Waals surface area contributed by atoms with Crippen molar-refractivity contribution >= 4 is 0 Å². The van der Waals surface area contributed by atoms with E-state index in [1.165, 1.54) is 16.7 Å². The van der Waals surface area contributed by atoms with E-state index in [1.54, 1.807) is 0 Å². The first kappa shape index (κ1) is 10.5. The van der Waals surface area contributed by atoms with Crippen LogP contribution in [0, 0.1) is 0 Å². The van der Waals surface area contributed by atoms with E-state index in [0.717, 1.165) is 12.8 Å². The molecule has 2 N–H and O–H groups in total. The minimum atomic E-state index is 0.113. The molecule has 1 aromatic heterocycles.